The summed E-state index contributed by atoms with van der Waals surface area (Å²) in [6, 6.07) is 0.233. The molecule has 280 valence electrons. The van der Waals surface area contributed by atoms with Gasteiger partial charge in [0.25, 0.3) is 0 Å². The quantitative estimate of drug-likeness (QED) is 0.0330. The van der Waals surface area contributed by atoms with Crippen LogP contribution >= 0.6 is 7.82 Å². The molecule has 1 atom stereocenters. The summed E-state index contributed by atoms with van der Waals surface area (Å²) in [6.07, 6.45) is 42.9. The van der Waals surface area contributed by atoms with E-state index in [-0.39, 0.29) is 19.3 Å². The Morgan fingerprint density at radius 1 is 0.435 bits per heavy atom. The third-order valence-corrected chi connectivity index (χ3v) is 9.30. The van der Waals surface area contributed by atoms with Gasteiger partial charge in [-0.2, -0.15) is 0 Å². The van der Waals surface area contributed by atoms with Gasteiger partial charge in [0.1, 0.15) is 0 Å². The molecule has 5 N–H and O–H groups in total. The minimum Gasteiger partial charge on any atom is -0.395 e. The van der Waals surface area contributed by atoms with Crippen molar-refractivity contribution in [2.24, 2.45) is 0 Å². The van der Waals surface area contributed by atoms with Crippen molar-refractivity contribution in [3.05, 3.63) is 0 Å². The minimum atomic E-state index is -4.64. The van der Waals surface area contributed by atoms with Gasteiger partial charge in [0.15, 0.2) is 0 Å². The first-order valence-electron chi connectivity index (χ1n) is 20.0. The van der Waals surface area contributed by atoms with E-state index in [0.717, 1.165) is 13.0 Å². The molecule has 0 aromatic rings. The molecule has 0 aliphatic heterocycles. The van der Waals surface area contributed by atoms with Crippen LogP contribution in [0.2, 0.25) is 0 Å². The van der Waals surface area contributed by atoms with Crippen LogP contribution in [0, 0.1) is 0 Å². The topological polar surface area (TPSA) is 121 Å². The van der Waals surface area contributed by atoms with E-state index < -0.39 is 7.82 Å². The first-order valence-corrected chi connectivity index (χ1v) is 21.6. The normalized spacial score (nSPS) is 12.4. The summed E-state index contributed by atoms with van der Waals surface area (Å²) in [5, 5.41) is 19.6. The second-order valence-corrected chi connectivity index (χ2v) is 14.8. The van der Waals surface area contributed by atoms with Gasteiger partial charge in [0, 0.05) is 12.6 Å². The molecule has 0 aliphatic rings. The molecule has 0 heterocycles. The highest BCUT2D eigenvalue weighted by atomic mass is 31.2. The SMILES string of the molecule is CCCCCCCCCCCCCCCCCCCCCCC(CO)N(CCO)CCCCCCCCCCCC.O=P(O)(O)O. The summed E-state index contributed by atoms with van der Waals surface area (Å²) in [5.41, 5.74) is 0. The summed E-state index contributed by atoms with van der Waals surface area (Å²) in [5.74, 6) is 0. The molecule has 0 saturated carbocycles. The Bertz CT molecular complexity index is 597. The Morgan fingerprint density at radius 3 is 0.957 bits per heavy atom. The van der Waals surface area contributed by atoms with E-state index in [4.69, 9.17) is 19.2 Å². The molecule has 0 fully saturated rings. The van der Waals surface area contributed by atoms with Crippen LogP contribution in [-0.2, 0) is 4.57 Å². The summed E-state index contributed by atoms with van der Waals surface area (Å²) >= 11 is 0. The van der Waals surface area contributed by atoms with Crippen molar-refractivity contribution in [2.75, 3.05) is 26.3 Å². The Balaban J connectivity index is 0. The van der Waals surface area contributed by atoms with E-state index in [1.807, 2.05) is 0 Å². The minimum absolute atomic E-state index is 0.202. The molecule has 1 unspecified atom stereocenters. The number of phosphoric acid groups is 1. The van der Waals surface area contributed by atoms with Crippen LogP contribution in [0.15, 0.2) is 0 Å². The highest BCUT2D eigenvalue weighted by Crippen LogP contribution is 2.26. The molecule has 0 radical (unpaired) electrons. The summed E-state index contributed by atoms with van der Waals surface area (Å²) < 4.78 is 8.88. The van der Waals surface area contributed by atoms with Crippen molar-refractivity contribution in [2.45, 2.75) is 219 Å². The number of hydrogen-bond acceptors (Lipinski definition) is 4. The van der Waals surface area contributed by atoms with Gasteiger partial charge in [0.05, 0.1) is 13.2 Å². The van der Waals surface area contributed by atoms with E-state index in [2.05, 4.69) is 18.7 Å². The predicted octanol–water partition coefficient (Wildman–Crippen LogP) is 10.8. The fourth-order valence-electron chi connectivity index (χ4n) is 6.43. The molecule has 0 aromatic carbocycles. The maximum atomic E-state index is 10.0. The largest absolute Gasteiger partial charge is 0.466 e. The van der Waals surface area contributed by atoms with Crippen LogP contribution in [0.1, 0.15) is 213 Å². The maximum absolute atomic E-state index is 10.0. The fourth-order valence-corrected chi connectivity index (χ4v) is 6.43. The zero-order valence-corrected chi connectivity index (χ0v) is 31.8. The van der Waals surface area contributed by atoms with E-state index in [1.54, 1.807) is 0 Å². The number of unbranched alkanes of at least 4 members (excludes halogenated alkanes) is 28. The van der Waals surface area contributed by atoms with Crippen LogP contribution < -0.4 is 0 Å². The van der Waals surface area contributed by atoms with E-state index >= 15 is 0 Å². The highest BCUT2D eigenvalue weighted by molar-refractivity contribution is 7.45. The van der Waals surface area contributed by atoms with Gasteiger partial charge in [-0.1, -0.05) is 200 Å². The van der Waals surface area contributed by atoms with Crippen molar-refractivity contribution >= 4 is 7.82 Å². The predicted molar refractivity (Wildman–Crippen MR) is 198 cm³/mol. The van der Waals surface area contributed by atoms with Gasteiger partial charge in [-0.15, -0.1) is 0 Å². The third kappa shape index (κ3) is 44.0. The van der Waals surface area contributed by atoms with E-state index in [9.17, 15) is 10.2 Å². The molecule has 0 bridgehead atoms. The van der Waals surface area contributed by atoms with Gasteiger partial charge in [-0.25, -0.2) is 4.57 Å². The number of aliphatic hydroxyl groups excluding tert-OH is 2. The number of nitrogens with zero attached hydrogens (tertiary/aromatic N) is 1. The molecule has 46 heavy (non-hydrogen) atoms. The van der Waals surface area contributed by atoms with Crippen LogP contribution in [0.5, 0.6) is 0 Å². The van der Waals surface area contributed by atoms with Crippen molar-refractivity contribution in [3.8, 4) is 0 Å². The molecule has 8 heteroatoms. The zero-order valence-electron chi connectivity index (χ0n) is 30.9. The van der Waals surface area contributed by atoms with Gasteiger partial charge in [-0.05, 0) is 19.4 Å². The van der Waals surface area contributed by atoms with Gasteiger partial charge >= 0.3 is 7.82 Å². The van der Waals surface area contributed by atoms with Crippen molar-refractivity contribution in [3.63, 3.8) is 0 Å². The molecular weight excluding hydrogens is 597 g/mol. The molecular formula is C38H82NO6P. The van der Waals surface area contributed by atoms with Crippen LogP contribution in [-0.4, -0.2) is 62.1 Å². The first kappa shape index (κ1) is 48.1. The molecule has 0 aliphatic carbocycles. The second kappa shape index (κ2) is 39.4. The lowest BCUT2D eigenvalue weighted by Crippen LogP contribution is -2.40. The average Bonchev–Trinajstić information content (AvgIpc) is 3.01. The monoisotopic (exact) mass is 680 g/mol. The van der Waals surface area contributed by atoms with Crippen LogP contribution in [0.4, 0.5) is 0 Å². The number of rotatable bonds is 36. The van der Waals surface area contributed by atoms with Crippen LogP contribution in [0.3, 0.4) is 0 Å². The Kier molecular flexibility index (Phi) is 41.2. The lowest BCUT2D eigenvalue weighted by molar-refractivity contribution is 0.0926. The molecule has 0 rings (SSSR count). The third-order valence-electron chi connectivity index (χ3n) is 9.30. The van der Waals surface area contributed by atoms with E-state index in [0.29, 0.717) is 6.54 Å². The second-order valence-electron chi connectivity index (χ2n) is 13.8. The lowest BCUT2D eigenvalue weighted by atomic mass is 10.0. The lowest BCUT2D eigenvalue weighted by Gasteiger charge is -2.30. The standard InChI is InChI=1S/C38H79NO2.H3O4P/c1-3-5-7-9-11-13-15-16-17-18-19-20-21-22-23-24-25-27-29-31-33-38(37-41)39(35-36-40)34-32-30-28-26-14-12-10-8-6-4-2;1-5(2,3)4/h38,40-41H,3-37H2,1-2H3;(H3,1,2,3,4). The van der Waals surface area contributed by atoms with Gasteiger partial charge < -0.3 is 24.9 Å². The van der Waals surface area contributed by atoms with Crippen LogP contribution in [0.25, 0.3) is 0 Å². The Labute approximate surface area is 287 Å². The number of hydrogen-bond donors (Lipinski definition) is 5. The summed E-state index contributed by atoms with van der Waals surface area (Å²) in [4.78, 5) is 23.9. The molecule has 0 saturated heterocycles. The van der Waals surface area contributed by atoms with Gasteiger partial charge in [0.2, 0.25) is 0 Å². The van der Waals surface area contributed by atoms with Gasteiger partial charge in [-0.3, -0.25) is 4.90 Å². The van der Waals surface area contributed by atoms with Crippen molar-refractivity contribution in [1.82, 2.24) is 4.90 Å². The van der Waals surface area contributed by atoms with Crippen molar-refractivity contribution < 1.29 is 29.5 Å². The highest BCUT2D eigenvalue weighted by Gasteiger charge is 2.16. The average molecular weight is 680 g/mol. The smallest absolute Gasteiger partial charge is 0.395 e. The van der Waals surface area contributed by atoms with Crippen molar-refractivity contribution in [1.29, 1.82) is 0 Å². The van der Waals surface area contributed by atoms with E-state index in [1.165, 1.54) is 193 Å². The Morgan fingerprint density at radius 2 is 0.696 bits per heavy atom. The molecule has 7 nitrogen and oxygen atoms in total. The fraction of sp³-hybridized carbons (Fsp3) is 1.00. The summed E-state index contributed by atoms with van der Waals surface area (Å²) in [6.45, 7) is 6.75. The first-order chi connectivity index (χ1) is 22.3. The molecule has 0 spiro atoms. The summed E-state index contributed by atoms with van der Waals surface area (Å²) in [7, 11) is -4.64. The Hall–Kier alpha value is -0.0100. The maximum Gasteiger partial charge on any atom is 0.466 e. The number of aliphatic hydroxyl groups is 2. The molecule has 0 amide bonds. The molecule has 0 aromatic heterocycles. The zero-order chi connectivity index (χ0) is 34.4.